The van der Waals surface area contributed by atoms with Crippen molar-refractivity contribution in [3.63, 3.8) is 0 Å². The van der Waals surface area contributed by atoms with Gasteiger partial charge >= 0.3 is 29.5 Å². The number of carbonyl (C=O) groups is 4. The van der Waals surface area contributed by atoms with Gasteiger partial charge in [0.05, 0.1) is 6.61 Å². The molecule has 0 N–H and O–H groups in total. The van der Waals surface area contributed by atoms with Crippen molar-refractivity contribution in [1.29, 1.82) is 0 Å². The summed E-state index contributed by atoms with van der Waals surface area (Å²) in [7, 11) is 0. The Hall–Kier alpha value is -3.93. The van der Waals surface area contributed by atoms with E-state index in [-0.39, 0.29) is 17.9 Å². The first-order chi connectivity index (χ1) is 18.0. The molecule has 3 rings (SSSR count). The van der Waals surface area contributed by atoms with Gasteiger partial charge in [-0.1, -0.05) is 13.3 Å². The van der Waals surface area contributed by atoms with Gasteiger partial charge in [0.1, 0.15) is 11.3 Å². The van der Waals surface area contributed by atoms with E-state index >= 15 is 0 Å². The molecule has 0 spiro atoms. The highest BCUT2D eigenvalue weighted by Crippen LogP contribution is 2.32. The molecule has 1 aromatic carbocycles. The summed E-state index contributed by atoms with van der Waals surface area (Å²) >= 11 is 0. The third-order valence-electron chi connectivity index (χ3n) is 5.55. The molecule has 1 aliphatic heterocycles. The SMILES string of the molecule is CCCCOC(=O)C1OC(Oc2ccc3c(C)cc(=O)oc3c2)[C@@H](OC(C)=O)C(OC(C)=O)C1OC(C)=O. The van der Waals surface area contributed by atoms with Crippen LogP contribution in [0, 0.1) is 6.92 Å². The molecule has 206 valence electrons. The van der Waals surface area contributed by atoms with Gasteiger partial charge in [0.15, 0.2) is 18.3 Å². The summed E-state index contributed by atoms with van der Waals surface area (Å²) in [4.78, 5) is 60.7. The minimum Gasteiger partial charge on any atom is -0.464 e. The van der Waals surface area contributed by atoms with E-state index in [1.54, 1.807) is 19.1 Å². The van der Waals surface area contributed by atoms with E-state index in [1.165, 1.54) is 12.1 Å². The van der Waals surface area contributed by atoms with Gasteiger partial charge in [-0.15, -0.1) is 0 Å². The molecule has 4 unspecified atom stereocenters. The highest BCUT2D eigenvalue weighted by Gasteiger charge is 2.56. The van der Waals surface area contributed by atoms with Crippen LogP contribution in [0.25, 0.3) is 11.0 Å². The van der Waals surface area contributed by atoms with Gasteiger partial charge in [-0.3, -0.25) is 14.4 Å². The van der Waals surface area contributed by atoms with Gasteiger partial charge in [-0.25, -0.2) is 9.59 Å². The lowest BCUT2D eigenvalue weighted by Gasteiger charge is -2.43. The predicted octanol–water partition coefficient (Wildman–Crippen LogP) is 2.34. The number of ether oxygens (including phenoxy) is 6. The lowest BCUT2D eigenvalue weighted by Crippen LogP contribution is -2.64. The summed E-state index contributed by atoms with van der Waals surface area (Å²) in [5.74, 6) is -3.15. The van der Waals surface area contributed by atoms with E-state index in [9.17, 15) is 24.0 Å². The summed E-state index contributed by atoms with van der Waals surface area (Å²) in [5.41, 5.74) is 0.341. The van der Waals surface area contributed by atoms with E-state index in [0.717, 1.165) is 27.2 Å². The van der Waals surface area contributed by atoms with Crippen molar-refractivity contribution < 1.29 is 52.0 Å². The third-order valence-corrected chi connectivity index (χ3v) is 5.55. The number of hydrogen-bond donors (Lipinski definition) is 0. The third kappa shape index (κ3) is 7.09. The molecule has 1 aliphatic rings. The van der Waals surface area contributed by atoms with Crippen LogP contribution in [0.2, 0.25) is 0 Å². The molecular weight excluding hydrogens is 504 g/mol. The van der Waals surface area contributed by atoms with Crippen LogP contribution in [-0.2, 0) is 42.9 Å². The van der Waals surface area contributed by atoms with E-state index in [4.69, 9.17) is 32.8 Å². The maximum absolute atomic E-state index is 13.0. The lowest BCUT2D eigenvalue weighted by atomic mass is 9.97. The van der Waals surface area contributed by atoms with E-state index in [0.29, 0.717) is 17.4 Å². The number of hydrogen-bond acceptors (Lipinski definition) is 12. The van der Waals surface area contributed by atoms with Crippen molar-refractivity contribution in [3.8, 4) is 5.75 Å². The Kier molecular flexibility index (Phi) is 9.45. The Morgan fingerprint density at radius 2 is 1.53 bits per heavy atom. The fraction of sp³-hybridized carbons (Fsp3) is 0.500. The Morgan fingerprint density at radius 1 is 0.895 bits per heavy atom. The van der Waals surface area contributed by atoms with Gasteiger partial charge in [-0.05, 0) is 31.0 Å². The van der Waals surface area contributed by atoms with Crippen LogP contribution in [0.4, 0.5) is 0 Å². The second-order valence-electron chi connectivity index (χ2n) is 8.69. The Labute approximate surface area is 218 Å². The van der Waals surface area contributed by atoms with Gasteiger partial charge in [0.2, 0.25) is 12.4 Å². The normalized spacial score (nSPS) is 22.8. The van der Waals surface area contributed by atoms with Crippen molar-refractivity contribution in [2.24, 2.45) is 0 Å². The van der Waals surface area contributed by atoms with Crippen LogP contribution in [0.3, 0.4) is 0 Å². The predicted molar refractivity (Wildman–Crippen MR) is 129 cm³/mol. The summed E-state index contributed by atoms with van der Waals surface area (Å²) in [6.07, 6.45) is -6.23. The molecule has 2 aromatic rings. The number of carbonyl (C=O) groups excluding carboxylic acids is 4. The van der Waals surface area contributed by atoms with Gasteiger partial charge in [0.25, 0.3) is 0 Å². The summed E-state index contributed by atoms with van der Waals surface area (Å²) in [5, 5.41) is 0.656. The minimum absolute atomic E-state index is 0.0716. The molecule has 38 heavy (non-hydrogen) atoms. The monoisotopic (exact) mass is 534 g/mol. The topological polar surface area (TPSA) is 154 Å². The summed E-state index contributed by atoms with van der Waals surface area (Å²) in [6.45, 7) is 7.03. The van der Waals surface area contributed by atoms with E-state index < -0.39 is 60.2 Å². The van der Waals surface area contributed by atoms with Crippen LogP contribution in [0.5, 0.6) is 5.75 Å². The quantitative estimate of drug-likeness (QED) is 0.201. The molecule has 1 fully saturated rings. The smallest absolute Gasteiger partial charge is 0.339 e. The molecule has 0 radical (unpaired) electrons. The number of fused-ring (bicyclic) bond motifs is 1. The standard InChI is InChI=1S/C26H30O12/c1-6-7-10-32-25(31)23-21(33-14(3)27)22(34-15(4)28)24(35-16(5)29)26(38-23)36-17-8-9-18-13(2)11-20(30)37-19(18)12-17/h8-9,11-12,21-24,26H,6-7,10H2,1-5H3/t21?,22?,23?,24-,26?/m0/s1. The molecule has 12 heteroatoms. The molecule has 0 amide bonds. The van der Waals surface area contributed by atoms with E-state index in [1.807, 2.05) is 6.92 Å². The van der Waals surface area contributed by atoms with Crippen LogP contribution in [0.1, 0.15) is 46.1 Å². The Morgan fingerprint density at radius 3 is 2.16 bits per heavy atom. The first-order valence-corrected chi connectivity index (χ1v) is 12.0. The van der Waals surface area contributed by atoms with Crippen molar-refractivity contribution >= 4 is 34.8 Å². The van der Waals surface area contributed by atoms with Crippen LogP contribution < -0.4 is 10.4 Å². The number of rotatable bonds is 9. The zero-order chi connectivity index (χ0) is 28.0. The first kappa shape index (κ1) is 28.6. The maximum Gasteiger partial charge on any atom is 0.339 e. The maximum atomic E-state index is 13.0. The molecule has 12 nitrogen and oxygen atoms in total. The van der Waals surface area contributed by atoms with Gasteiger partial charge in [-0.2, -0.15) is 0 Å². The van der Waals surface area contributed by atoms with Crippen molar-refractivity contribution in [3.05, 3.63) is 40.2 Å². The Bertz CT molecular complexity index is 1250. The first-order valence-electron chi connectivity index (χ1n) is 12.0. The molecule has 0 bridgehead atoms. The van der Waals surface area contributed by atoms with Crippen molar-refractivity contribution in [2.75, 3.05) is 6.61 Å². The largest absolute Gasteiger partial charge is 0.464 e. The fourth-order valence-electron chi connectivity index (χ4n) is 3.97. The van der Waals surface area contributed by atoms with Gasteiger partial charge < -0.3 is 32.8 Å². The second kappa shape index (κ2) is 12.5. The number of benzene rings is 1. The van der Waals surface area contributed by atoms with Crippen LogP contribution in [0.15, 0.2) is 33.5 Å². The minimum atomic E-state index is -1.59. The highest BCUT2D eigenvalue weighted by molar-refractivity contribution is 5.81. The van der Waals surface area contributed by atoms with Crippen LogP contribution >= 0.6 is 0 Å². The number of esters is 4. The van der Waals surface area contributed by atoms with Crippen molar-refractivity contribution in [1.82, 2.24) is 0 Å². The van der Waals surface area contributed by atoms with Gasteiger partial charge in [0, 0.05) is 38.3 Å². The molecule has 5 atom stereocenters. The van der Waals surface area contributed by atoms with Crippen molar-refractivity contribution in [2.45, 2.75) is 78.2 Å². The molecule has 2 heterocycles. The zero-order valence-corrected chi connectivity index (χ0v) is 21.7. The zero-order valence-electron chi connectivity index (χ0n) is 21.7. The average Bonchev–Trinajstić information content (AvgIpc) is 2.81. The molecule has 1 aromatic heterocycles. The molecule has 0 aliphatic carbocycles. The Balaban J connectivity index is 2.04. The second-order valence-corrected chi connectivity index (χ2v) is 8.69. The highest BCUT2D eigenvalue weighted by atomic mass is 16.7. The number of aryl methyl sites for hydroxylation is 1. The molecular formula is C26H30O12. The number of unbranched alkanes of at least 4 members (excludes halogenated alkanes) is 1. The molecule has 1 saturated heterocycles. The summed E-state index contributed by atoms with van der Waals surface area (Å²) < 4.78 is 38.3. The van der Waals surface area contributed by atoms with E-state index in [2.05, 4.69) is 0 Å². The summed E-state index contributed by atoms with van der Waals surface area (Å²) in [6, 6.07) is 5.97. The fourth-order valence-corrected chi connectivity index (χ4v) is 3.97. The molecule has 0 saturated carbocycles. The van der Waals surface area contributed by atoms with Crippen LogP contribution in [-0.4, -0.2) is 61.2 Å². The lowest BCUT2D eigenvalue weighted by molar-refractivity contribution is -0.283. The average molecular weight is 535 g/mol.